The maximum absolute atomic E-state index is 10.5. The number of likely N-dealkylation sites (tertiary alicyclic amines) is 1. The summed E-state index contributed by atoms with van der Waals surface area (Å²) < 4.78 is 12.7. The predicted molar refractivity (Wildman–Crippen MR) is 116 cm³/mol. The van der Waals surface area contributed by atoms with Gasteiger partial charge in [-0.05, 0) is 39.1 Å². The third-order valence-electron chi connectivity index (χ3n) is 6.52. The number of aromatic hydroxyl groups is 1. The van der Waals surface area contributed by atoms with Crippen LogP contribution in [0.25, 0.3) is 0 Å². The number of rotatable bonds is 3. The van der Waals surface area contributed by atoms with E-state index in [4.69, 9.17) is 14.6 Å². The topological polar surface area (TPSA) is 57.5 Å². The average molecular weight is 408 g/mol. The predicted octanol–water partition coefficient (Wildman–Crippen LogP) is 4.06. The van der Waals surface area contributed by atoms with Gasteiger partial charge in [0.15, 0.2) is 11.5 Å². The monoisotopic (exact) mass is 407 g/mol. The minimum absolute atomic E-state index is 0.0764. The lowest BCUT2D eigenvalue weighted by molar-refractivity contribution is -0.148. The second kappa shape index (κ2) is 7.20. The Labute approximate surface area is 177 Å². The largest absolute Gasteiger partial charge is 0.507 e. The molecule has 1 fully saturated rings. The molecule has 30 heavy (non-hydrogen) atoms. The number of nitrogens with zero attached hydrogens (tertiary/aromatic N) is 3. The standard InChI is InChI=1S/C24H29N3O3/c1-4-29-22-7-5-6-17-20-15-19(18-14-16(2)8-9-21(18)28)25-27(20)24(30-23(17)22)10-12-26(3)13-11-24/h5-9,14,20,28H,4,10-13,15H2,1-3H3. The number of phenolic OH excluding ortho intramolecular Hbond substituents is 1. The lowest BCUT2D eigenvalue weighted by Gasteiger charge is -2.51. The van der Waals surface area contributed by atoms with Crippen LogP contribution >= 0.6 is 0 Å². The van der Waals surface area contributed by atoms with Gasteiger partial charge in [-0.2, -0.15) is 5.10 Å². The van der Waals surface area contributed by atoms with Crippen molar-refractivity contribution in [1.82, 2.24) is 9.91 Å². The van der Waals surface area contributed by atoms with Gasteiger partial charge in [0.1, 0.15) is 5.75 Å². The molecule has 2 aromatic rings. The van der Waals surface area contributed by atoms with Gasteiger partial charge < -0.3 is 19.5 Å². The summed E-state index contributed by atoms with van der Waals surface area (Å²) in [6, 6.07) is 11.9. The molecule has 0 radical (unpaired) electrons. The molecule has 6 heteroatoms. The number of aryl methyl sites for hydroxylation is 1. The fraction of sp³-hybridized carbons (Fsp3) is 0.458. The summed E-state index contributed by atoms with van der Waals surface area (Å²) in [6.45, 7) is 6.54. The maximum atomic E-state index is 10.5. The van der Waals surface area contributed by atoms with E-state index >= 15 is 0 Å². The fourth-order valence-corrected chi connectivity index (χ4v) is 4.88. The van der Waals surface area contributed by atoms with Gasteiger partial charge in [-0.3, -0.25) is 0 Å². The molecule has 0 amide bonds. The number of para-hydroxylation sites is 1. The molecule has 3 heterocycles. The van der Waals surface area contributed by atoms with E-state index in [2.05, 4.69) is 23.0 Å². The molecule has 0 aromatic heterocycles. The van der Waals surface area contributed by atoms with Crippen molar-refractivity contribution < 1.29 is 14.6 Å². The van der Waals surface area contributed by atoms with Crippen LogP contribution in [-0.2, 0) is 0 Å². The van der Waals surface area contributed by atoms with E-state index < -0.39 is 5.72 Å². The Balaban J connectivity index is 1.61. The van der Waals surface area contributed by atoms with Crippen molar-refractivity contribution in [2.24, 2.45) is 5.10 Å². The highest BCUT2D eigenvalue weighted by Gasteiger charge is 2.52. The van der Waals surface area contributed by atoms with Gasteiger partial charge in [-0.25, -0.2) is 5.01 Å². The molecule has 2 aromatic carbocycles. The van der Waals surface area contributed by atoms with Crippen molar-refractivity contribution in [3.63, 3.8) is 0 Å². The number of ether oxygens (including phenoxy) is 2. The van der Waals surface area contributed by atoms with E-state index in [1.54, 1.807) is 6.07 Å². The molecule has 1 N–H and O–H groups in total. The van der Waals surface area contributed by atoms with Crippen LogP contribution in [0.3, 0.4) is 0 Å². The SMILES string of the molecule is CCOc1cccc2c1OC1(CCN(C)CC1)N1N=C(c3cc(C)ccc3O)CC21. The Morgan fingerprint density at radius 2 is 2.03 bits per heavy atom. The number of fused-ring (bicyclic) bond motifs is 4. The maximum Gasteiger partial charge on any atom is 0.200 e. The molecule has 3 aliphatic heterocycles. The lowest BCUT2D eigenvalue weighted by atomic mass is 9.90. The summed E-state index contributed by atoms with van der Waals surface area (Å²) in [4.78, 5) is 2.33. The van der Waals surface area contributed by atoms with Gasteiger partial charge in [-0.1, -0.05) is 23.8 Å². The van der Waals surface area contributed by atoms with Gasteiger partial charge in [0.2, 0.25) is 5.72 Å². The second-order valence-corrected chi connectivity index (χ2v) is 8.59. The van der Waals surface area contributed by atoms with E-state index in [1.165, 1.54) is 0 Å². The first-order chi connectivity index (χ1) is 14.5. The summed E-state index contributed by atoms with van der Waals surface area (Å²) >= 11 is 0. The van der Waals surface area contributed by atoms with Crippen LogP contribution < -0.4 is 9.47 Å². The third-order valence-corrected chi connectivity index (χ3v) is 6.52. The van der Waals surface area contributed by atoms with E-state index in [0.29, 0.717) is 6.61 Å². The zero-order chi connectivity index (χ0) is 20.9. The molecule has 1 saturated heterocycles. The number of piperidine rings is 1. The molecule has 0 aliphatic carbocycles. The number of phenols is 1. The van der Waals surface area contributed by atoms with Crippen LogP contribution in [0.5, 0.6) is 17.2 Å². The van der Waals surface area contributed by atoms with Gasteiger partial charge in [0.05, 0.1) is 18.4 Å². The van der Waals surface area contributed by atoms with Crippen LogP contribution in [0.2, 0.25) is 0 Å². The Morgan fingerprint density at radius 3 is 2.80 bits per heavy atom. The van der Waals surface area contributed by atoms with Crippen molar-refractivity contribution in [1.29, 1.82) is 0 Å². The van der Waals surface area contributed by atoms with Crippen molar-refractivity contribution in [3.8, 4) is 17.2 Å². The molecule has 1 atom stereocenters. The Bertz CT molecular complexity index is 995. The number of hydrogen-bond donors (Lipinski definition) is 1. The normalized spacial score (nSPS) is 22.3. The van der Waals surface area contributed by atoms with Gasteiger partial charge >= 0.3 is 0 Å². The van der Waals surface area contributed by atoms with Crippen LogP contribution in [0, 0.1) is 6.92 Å². The molecule has 3 aliphatic rings. The average Bonchev–Trinajstić information content (AvgIpc) is 3.19. The Kier molecular flexibility index (Phi) is 4.62. The van der Waals surface area contributed by atoms with E-state index in [1.807, 2.05) is 38.1 Å². The fourth-order valence-electron chi connectivity index (χ4n) is 4.88. The molecular formula is C24H29N3O3. The molecule has 0 saturated carbocycles. The molecule has 0 bridgehead atoms. The van der Waals surface area contributed by atoms with Gasteiger partial charge in [0, 0.05) is 43.5 Å². The van der Waals surface area contributed by atoms with Crippen LogP contribution in [0.4, 0.5) is 0 Å². The highest BCUT2D eigenvalue weighted by atomic mass is 16.6. The highest BCUT2D eigenvalue weighted by Crippen LogP contribution is 2.53. The summed E-state index contributed by atoms with van der Waals surface area (Å²) in [5, 5.41) is 17.8. The quantitative estimate of drug-likeness (QED) is 0.831. The summed E-state index contributed by atoms with van der Waals surface area (Å²) in [5.41, 5.74) is 3.46. The zero-order valence-corrected chi connectivity index (χ0v) is 17.9. The van der Waals surface area contributed by atoms with Gasteiger partial charge in [-0.15, -0.1) is 0 Å². The zero-order valence-electron chi connectivity index (χ0n) is 17.9. The molecule has 158 valence electrons. The molecular weight excluding hydrogens is 378 g/mol. The molecule has 5 rings (SSSR count). The number of hydrogen-bond acceptors (Lipinski definition) is 6. The van der Waals surface area contributed by atoms with Crippen LogP contribution in [0.1, 0.15) is 48.9 Å². The van der Waals surface area contributed by atoms with Crippen molar-refractivity contribution >= 4 is 5.71 Å². The Hall–Kier alpha value is -2.73. The second-order valence-electron chi connectivity index (χ2n) is 8.59. The minimum Gasteiger partial charge on any atom is -0.507 e. The van der Waals surface area contributed by atoms with Crippen LogP contribution in [-0.4, -0.2) is 53.2 Å². The number of hydrazone groups is 1. The van der Waals surface area contributed by atoms with E-state index in [9.17, 15) is 5.11 Å². The smallest absolute Gasteiger partial charge is 0.200 e. The molecule has 6 nitrogen and oxygen atoms in total. The molecule has 1 spiro atoms. The molecule has 1 unspecified atom stereocenters. The Morgan fingerprint density at radius 1 is 1.23 bits per heavy atom. The summed E-state index contributed by atoms with van der Waals surface area (Å²) in [5.74, 6) is 1.94. The first-order valence-electron chi connectivity index (χ1n) is 10.8. The summed E-state index contributed by atoms with van der Waals surface area (Å²) in [6.07, 6.45) is 2.48. The summed E-state index contributed by atoms with van der Waals surface area (Å²) in [7, 11) is 2.15. The third kappa shape index (κ3) is 3.01. The number of benzene rings is 2. The first kappa shape index (κ1) is 19.2. The minimum atomic E-state index is -0.488. The van der Waals surface area contributed by atoms with Crippen molar-refractivity contribution in [3.05, 3.63) is 53.1 Å². The first-order valence-corrected chi connectivity index (χ1v) is 10.8. The van der Waals surface area contributed by atoms with Gasteiger partial charge in [0.25, 0.3) is 0 Å². The highest BCUT2D eigenvalue weighted by molar-refractivity contribution is 6.04. The van der Waals surface area contributed by atoms with E-state index in [0.717, 1.165) is 66.3 Å². The lowest BCUT2D eigenvalue weighted by Crippen LogP contribution is -2.58. The van der Waals surface area contributed by atoms with Crippen molar-refractivity contribution in [2.75, 3.05) is 26.7 Å². The van der Waals surface area contributed by atoms with E-state index in [-0.39, 0.29) is 11.8 Å². The van der Waals surface area contributed by atoms with Crippen molar-refractivity contribution in [2.45, 2.75) is 44.9 Å². The van der Waals surface area contributed by atoms with Crippen LogP contribution in [0.15, 0.2) is 41.5 Å².